The molecule has 1 saturated carbocycles. The van der Waals surface area contributed by atoms with Crippen LogP contribution in [0.3, 0.4) is 0 Å². The molecular weight excluding hydrogens is 388 g/mol. The maximum atomic E-state index is 13.0. The molecule has 0 spiro atoms. The molecule has 2 aromatic rings. The molecule has 3 rings (SSSR count). The summed E-state index contributed by atoms with van der Waals surface area (Å²) < 4.78 is 0. The van der Waals surface area contributed by atoms with Gasteiger partial charge in [-0.25, -0.2) is 0 Å². The molecule has 2 atom stereocenters. The molecule has 0 aromatic heterocycles. The van der Waals surface area contributed by atoms with E-state index in [1.54, 1.807) is 0 Å². The largest absolute Gasteiger partial charge is 0.299 e. The first kappa shape index (κ1) is 22.4. The average Bonchev–Trinajstić information content (AvgIpc) is 2.79. The quantitative estimate of drug-likeness (QED) is 0.218. The van der Waals surface area contributed by atoms with E-state index in [1.165, 1.54) is 11.1 Å². The van der Waals surface area contributed by atoms with Gasteiger partial charge in [-0.3, -0.25) is 4.79 Å². The number of azide groups is 2. The zero-order chi connectivity index (χ0) is 21.9. The van der Waals surface area contributed by atoms with Crippen molar-refractivity contribution in [1.29, 1.82) is 0 Å². The molecule has 2 unspecified atom stereocenters. The number of Topliss-reactive ketones (excluding diaryl/α,β-unsaturated/α-hetero) is 1. The molecule has 7 nitrogen and oxygen atoms in total. The molecule has 1 aliphatic rings. The van der Waals surface area contributed by atoms with E-state index in [4.69, 9.17) is 11.1 Å². The predicted octanol–water partition coefficient (Wildman–Crippen LogP) is 7.90. The Bertz CT molecular complexity index is 879. The Kier molecular flexibility index (Phi) is 8.53. The van der Waals surface area contributed by atoms with E-state index < -0.39 is 0 Å². The van der Waals surface area contributed by atoms with Crippen molar-refractivity contribution < 1.29 is 4.79 Å². The van der Waals surface area contributed by atoms with Crippen LogP contribution < -0.4 is 0 Å². The standard InChI is InChI=1S/C24H28N6O/c25-29-27-22-14-10-18(11-15-22)4-1-6-20-8-3-9-21(24(20)31)7-2-5-19-12-16-23(17-13-19)28-30-26/h10-17,20-21H,1-9H2. The number of rotatable bonds is 10. The molecule has 31 heavy (non-hydrogen) atoms. The Balaban J connectivity index is 1.41. The van der Waals surface area contributed by atoms with Crippen molar-refractivity contribution in [2.75, 3.05) is 0 Å². The highest BCUT2D eigenvalue weighted by Gasteiger charge is 2.30. The van der Waals surface area contributed by atoms with Gasteiger partial charge in [0.25, 0.3) is 0 Å². The van der Waals surface area contributed by atoms with Gasteiger partial charge in [0.2, 0.25) is 0 Å². The van der Waals surface area contributed by atoms with Gasteiger partial charge >= 0.3 is 0 Å². The third kappa shape index (κ3) is 6.88. The van der Waals surface area contributed by atoms with Gasteiger partial charge in [-0.2, -0.15) is 0 Å². The minimum absolute atomic E-state index is 0.198. The Morgan fingerprint density at radius 3 is 1.55 bits per heavy atom. The van der Waals surface area contributed by atoms with Crippen LogP contribution in [0.1, 0.15) is 56.1 Å². The fraction of sp³-hybridized carbons (Fsp3) is 0.458. The third-order valence-corrected chi connectivity index (χ3v) is 6.14. The average molecular weight is 417 g/mol. The van der Waals surface area contributed by atoms with Crippen LogP contribution in [0.25, 0.3) is 20.9 Å². The molecule has 0 aliphatic heterocycles. The van der Waals surface area contributed by atoms with Gasteiger partial charge in [-0.1, -0.05) is 65.2 Å². The highest BCUT2D eigenvalue weighted by Crippen LogP contribution is 2.32. The van der Waals surface area contributed by atoms with Gasteiger partial charge < -0.3 is 0 Å². The number of hydrogen-bond donors (Lipinski definition) is 0. The summed E-state index contributed by atoms with van der Waals surface area (Å²) in [7, 11) is 0. The molecule has 0 radical (unpaired) electrons. The number of benzene rings is 2. The first-order valence-corrected chi connectivity index (χ1v) is 11.0. The summed E-state index contributed by atoms with van der Waals surface area (Å²) in [5, 5.41) is 7.19. The van der Waals surface area contributed by atoms with Crippen LogP contribution in [0.4, 0.5) is 11.4 Å². The normalized spacial score (nSPS) is 18.1. The van der Waals surface area contributed by atoms with Gasteiger partial charge in [-0.05, 0) is 73.6 Å². The topological polar surface area (TPSA) is 115 Å². The van der Waals surface area contributed by atoms with Crippen LogP contribution >= 0.6 is 0 Å². The molecule has 1 fully saturated rings. The Hall–Kier alpha value is -3.27. The predicted molar refractivity (Wildman–Crippen MR) is 122 cm³/mol. The second-order valence-corrected chi connectivity index (χ2v) is 8.22. The van der Waals surface area contributed by atoms with Crippen LogP contribution in [0.2, 0.25) is 0 Å². The fourth-order valence-corrected chi connectivity index (χ4v) is 4.47. The summed E-state index contributed by atoms with van der Waals surface area (Å²) in [6.45, 7) is 0. The van der Waals surface area contributed by atoms with E-state index in [0.717, 1.165) is 57.8 Å². The van der Waals surface area contributed by atoms with Gasteiger partial charge in [0.15, 0.2) is 0 Å². The van der Waals surface area contributed by atoms with Crippen LogP contribution in [0.15, 0.2) is 58.8 Å². The minimum atomic E-state index is 0.198. The second kappa shape index (κ2) is 11.8. The molecule has 7 heteroatoms. The van der Waals surface area contributed by atoms with Gasteiger partial charge in [0.1, 0.15) is 5.78 Å². The lowest BCUT2D eigenvalue weighted by Crippen LogP contribution is -2.28. The number of carbonyl (C=O) groups is 1. The van der Waals surface area contributed by atoms with E-state index in [1.807, 2.05) is 48.5 Å². The van der Waals surface area contributed by atoms with Crippen molar-refractivity contribution in [3.63, 3.8) is 0 Å². The summed E-state index contributed by atoms with van der Waals surface area (Å²) in [4.78, 5) is 18.5. The number of hydrogen-bond acceptors (Lipinski definition) is 3. The highest BCUT2D eigenvalue weighted by molar-refractivity contribution is 5.84. The molecular formula is C24H28N6O. The van der Waals surface area contributed by atoms with Gasteiger partial charge in [0.05, 0.1) is 0 Å². The van der Waals surface area contributed by atoms with E-state index in [-0.39, 0.29) is 11.8 Å². The molecule has 2 aromatic carbocycles. The maximum Gasteiger partial charge on any atom is 0.139 e. The highest BCUT2D eigenvalue weighted by atomic mass is 16.1. The molecule has 0 amide bonds. The molecule has 160 valence electrons. The van der Waals surface area contributed by atoms with Crippen LogP contribution in [-0.2, 0) is 17.6 Å². The molecule has 0 bridgehead atoms. The number of aryl methyl sites for hydroxylation is 2. The van der Waals surface area contributed by atoms with Crippen LogP contribution in [0, 0.1) is 11.8 Å². The lowest BCUT2D eigenvalue weighted by atomic mass is 9.76. The van der Waals surface area contributed by atoms with Crippen molar-refractivity contribution in [3.8, 4) is 0 Å². The van der Waals surface area contributed by atoms with Crippen molar-refractivity contribution in [1.82, 2.24) is 0 Å². The van der Waals surface area contributed by atoms with Crippen molar-refractivity contribution in [2.45, 2.75) is 57.8 Å². The fourth-order valence-electron chi connectivity index (χ4n) is 4.47. The summed E-state index contributed by atoms with van der Waals surface area (Å²) in [6.07, 6.45) is 8.97. The first-order valence-electron chi connectivity index (χ1n) is 11.0. The molecule has 0 N–H and O–H groups in total. The number of carbonyl (C=O) groups excluding carboxylic acids is 1. The summed E-state index contributed by atoms with van der Waals surface area (Å²) in [6, 6.07) is 15.3. The number of nitrogens with zero attached hydrogens (tertiary/aromatic N) is 6. The third-order valence-electron chi connectivity index (χ3n) is 6.14. The van der Waals surface area contributed by atoms with Crippen molar-refractivity contribution >= 4 is 17.2 Å². The zero-order valence-corrected chi connectivity index (χ0v) is 17.7. The van der Waals surface area contributed by atoms with Gasteiger partial charge in [0, 0.05) is 33.0 Å². The zero-order valence-electron chi connectivity index (χ0n) is 17.7. The van der Waals surface area contributed by atoms with Crippen molar-refractivity contribution in [2.24, 2.45) is 22.1 Å². The Morgan fingerprint density at radius 1 is 0.742 bits per heavy atom. The van der Waals surface area contributed by atoms with Crippen LogP contribution in [0.5, 0.6) is 0 Å². The van der Waals surface area contributed by atoms with E-state index in [0.29, 0.717) is 17.2 Å². The smallest absolute Gasteiger partial charge is 0.139 e. The molecule has 1 aliphatic carbocycles. The molecule has 0 heterocycles. The minimum Gasteiger partial charge on any atom is -0.299 e. The maximum absolute atomic E-state index is 13.0. The molecule has 0 saturated heterocycles. The lowest BCUT2D eigenvalue weighted by molar-refractivity contribution is -0.129. The summed E-state index contributed by atoms with van der Waals surface area (Å²) in [5.74, 6) is 0.859. The monoisotopic (exact) mass is 416 g/mol. The Morgan fingerprint density at radius 2 is 1.16 bits per heavy atom. The second-order valence-electron chi connectivity index (χ2n) is 8.22. The van der Waals surface area contributed by atoms with Crippen molar-refractivity contribution in [3.05, 3.63) is 80.5 Å². The number of ketones is 1. The first-order chi connectivity index (χ1) is 15.2. The lowest BCUT2D eigenvalue weighted by Gasteiger charge is -2.28. The van der Waals surface area contributed by atoms with Crippen LogP contribution in [-0.4, -0.2) is 5.78 Å². The van der Waals surface area contributed by atoms with E-state index in [2.05, 4.69) is 20.1 Å². The summed E-state index contributed by atoms with van der Waals surface area (Å²) in [5.41, 5.74) is 20.6. The SMILES string of the molecule is [N-]=[N+]=Nc1ccc(CCCC2CCCC(CCCc3ccc(N=[N+]=[N-])cc3)C2=O)cc1. The van der Waals surface area contributed by atoms with Gasteiger partial charge in [-0.15, -0.1) is 0 Å². The van der Waals surface area contributed by atoms with E-state index >= 15 is 0 Å². The van der Waals surface area contributed by atoms with E-state index in [9.17, 15) is 4.79 Å². The Labute approximate surface area is 182 Å². The summed E-state index contributed by atoms with van der Waals surface area (Å²) >= 11 is 0.